The highest BCUT2D eigenvalue weighted by Gasteiger charge is 2.39. The van der Waals surface area contributed by atoms with Crippen LogP contribution >= 0.6 is 24.0 Å². The Kier molecular flexibility index (Phi) is 6.18. The van der Waals surface area contributed by atoms with Crippen LogP contribution < -0.4 is 10.1 Å². The predicted octanol–water partition coefficient (Wildman–Crippen LogP) is 3.27. The molecule has 2 aliphatic heterocycles. The molecule has 2 bridgehead atoms. The lowest BCUT2D eigenvalue weighted by atomic mass is 9.98. The fourth-order valence-corrected chi connectivity index (χ4v) is 3.74. The summed E-state index contributed by atoms with van der Waals surface area (Å²) in [6.07, 6.45) is 4.10. The summed E-state index contributed by atoms with van der Waals surface area (Å²) in [5.74, 6) is 0.624. The van der Waals surface area contributed by atoms with Gasteiger partial charge >= 0.3 is 0 Å². The highest BCUT2D eigenvalue weighted by molar-refractivity contribution is 6.30. The van der Waals surface area contributed by atoms with Crippen LogP contribution in [0.4, 0.5) is 0 Å². The van der Waals surface area contributed by atoms with Crippen molar-refractivity contribution in [1.82, 2.24) is 10.2 Å². The number of halogens is 2. The van der Waals surface area contributed by atoms with Gasteiger partial charge in [0.1, 0.15) is 5.75 Å². The molecule has 0 spiro atoms. The second-order valence-electron chi connectivity index (χ2n) is 6.44. The molecule has 3 rings (SSSR count). The molecule has 3 unspecified atom stereocenters. The van der Waals surface area contributed by atoms with Gasteiger partial charge in [0, 0.05) is 23.1 Å². The number of hydrogen-bond acceptors (Lipinski definition) is 3. The maximum Gasteiger partial charge on any atom is 0.260 e. The van der Waals surface area contributed by atoms with Crippen molar-refractivity contribution < 1.29 is 9.53 Å². The number of nitrogens with one attached hydrogen (secondary N) is 1. The third kappa shape index (κ3) is 4.31. The zero-order valence-corrected chi connectivity index (χ0v) is 15.1. The molecule has 4 nitrogen and oxygen atoms in total. The summed E-state index contributed by atoms with van der Waals surface area (Å²) in [5.41, 5.74) is 0. The number of benzene rings is 1. The molecule has 1 N–H and O–H groups in total. The molecule has 23 heavy (non-hydrogen) atoms. The van der Waals surface area contributed by atoms with E-state index in [0.717, 1.165) is 12.8 Å². The van der Waals surface area contributed by atoms with Crippen LogP contribution in [0.15, 0.2) is 24.3 Å². The van der Waals surface area contributed by atoms with Crippen LogP contribution in [-0.2, 0) is 4.79 Å². The van der Waals surface area contributed by atoms with Crippen molar-refractivity contribution in [2.75, 3.05) is 7.05 Å². The Hall–Kier alpha value is -0.970. The Morgan fingerprint density at radius 3 is 2.39 bits per heavy atom. The molecule has 6 heteroatoms. The van der Waals surface area contributed by atoms with Gasteiger partial charge < -0.3 is 15.0 Å². The highest BCUT2D eigenvalue weighted by Crippen LogP contribution is 2.34. The van der Waals surface area contributed by atoms with Gasteiger partial charge in [-0.25, -0.2) is 0 Å². The number of piperidine rings is 1. The van der Waals surface area contributed by atoms with Crippen molar-refractivity contribution in [2.24, 2.45) is 0 Å². The molecule has 3 atom stereocenters. The summed E-state index contributed by atoms with van der Waals surface area (Å²) < 4.78 is 5.68. The number of carbonyl (C=O) groups is 1. The molecular weight excluding hydrogens is 335 g/mol. The van der Waals surface area contributed by atoms with Gasteiger partial charge in [0.05, 0.1) is 0 Å². The zero-order valence-electron chi connectivity index (χ0n) is 13.5. The number of fused-ring (bicyclic) bond motifs is 2. The van der Waals surface area contributed by atoms with Crippen LogP contribution in [-0.4, -0.2) is 42.1 Å². The van der Waals surface area contributed by atoms with Gasteiger partial charge in [-0.05, 0) is 63.9 Å². The van der Waals surface area contributed by atoms with Crippen molar-refractivity contribution in [1.29, 1.82) is 0 Å². The third-order valence-electron chi connectivity index (χ3n) is 4.94. The molecule has 128 valence electrons. The number of amides is 1. The lowest BCUT2D eigenvalue weighted by Crippen LogP contribution is -2.51. The average molecular weight is 359 g/mol. The molecule has 1 aromatic rings. The van der Waals surface area contributed by atoms with Crippen molar-refractivity contribution >= 4 is 29.9 Å². The van der Waals surface area contributed by atoms with E-state index in [1.165, 1.54) is 12.8 Å². The van der Waals surface area contributed by atoms with Gasteiger partial charge in [0.25, 0.3) is 5.91 Å². The molecule has 0 saturated carbocycles. The first-order chi connectivity index (χ1) is 10.5. The van der Waals surface area contributed by atoms with E-state index in [2.05, 4.69) is 17.3 Å². The monoisotopic (exact) mass is 358 g/mol. The fraction of sp³-hybridized carbons (Fsp3) is 0.588. The van der Waals surface area contributed by atoms with Crippen LogP contribution in [0.25, 0.3) is 0 Å². The minimum Gasteiger partial charge on any atom is -0.481 e. The lowest BCUT2D eigenvalue weighted by molar-refractivity contribution is -0.128. The van der Waals surface area contributed by atoms with Gasteiger partial charge in [-0.1, -0.05) is 11.6 Å². The summed E-state index contributed by atoms with van der Waals surface area (Å²) in [6.45, 7) is 1.79. The second kappa shape index (κ2) is 7.73. The molecule has 0 radical (unpaired) electrons. The fourth-order valence-electron chi connectivity index (χ4n) is 3.62. The van der Waals surface area contributed by atoms with E-state index < -0.39 is 6.10 Å². The Balaban J connectivity index is 0.00000192. The third-order valence-corrected chi connectivity index (χ3v) is 5.19. The first kappa shape index (κ1) is 18.4. The molecule has 1 amide bonds. The number of ether oxygens (including phenoxy) is 1. The van der Waals surface area contributed by atoms with Gasteiger partial charge in [-0.15, -0.1) is 12.4 Å². The number of carbonyl (C=O) groups excluding carboxylic acids is 1. The van der Waals surface area contributed by atoms with E-state index in [-0.39, 0.29) is 24.4 Å². The first-order valence-corrected chi connectivity index (χ1v) is 8.35. The van der Waals surface area contributed by atoms with E-state index in [9.17, 15) is 4.79 Å². The van der Waals surface area contributed by atoms with Crippen LogP contribution in [0.1, 0.15) is 32.6 Å². The van der Waals surface area contributed by atoms with Gasteiger partial charge in [-0.2, -0.15) is 0 Å². The van der Waals surface area contributed by atoms with Gasteiger partial charge in [0.2, 0.25) is 0 Å². The van der Waals surface area contributed by atoms with E-state index in [4.69, 9.17) is 16.3 Å². The predicted molar refractivity (Wildman–Crippen MR) is 94.5 cm³/mol. The van der Waals surface area contributed by atoms with E-state index in [1.54, 1.807) is 31.2 Å². The lowest BCUT2D eigenvalue weighted by Gasteiger charge is -2.36. The van der Waals surface area contributed by atoms with Crippen LogP contribution in [0.5, 0.6) is 5.75 Å². The van der Waals surface area contributed by atoms with E-state index in [1.807, 2.05) is 0 Å². The van der Waals surface area contributed by atoms with Crippen molar-refractivity contribution in [3.63, 3.8) is 0 Å². The first-order valence-electron chi connectivity index (χ1n) is 7.97. The molecule has 2 saturated heterocycles. The Bertz CT molecular complexity index is 524. The van der Waals surface area contributed by atoms with Crippen LogP contribution in [0.3, 0.4) is 0 Å². The molecule has 0 aromatic heterocycles. The smallest absolute Gasteiger partial charge is 0.260 e. The summed E-state index contributed by atoms with van der Waals surface area (Å²) >= 11 is 5.85. The Morgan fingerprint density at radius 2 is 1.83 bits per heavy atom. The van der Waals surface area contributed by atoms with Crippen molar-refractivity contribution in [2.45, 2.75) is 56.8 Å². The largest absolute Gasteiger partial charge is 0.481 e. The normalized spacial score (nSPS) is 27.9. The molecule has 2 heterocycles. The maximum atomic E-state index is 12.3. The SMILES string of the molecule is CC(Oc1ccc(Cl)cc1)C(=O)NC1CC2CCC(C1)N2C.Cl. The van der Waals surface area contributed by atoms with Crippen molar-refractivity contribution in [3.8, 4) is 5.75 Å². The second-order valence-corrected chi connectivity index (χ2v) is 6.88. The standard InChI is InChI=1S/C17H23ClN2O2.ClH/c1-11(22-16-7-3-12(18)4-8-16)17(21)19-13-9-14-5-6-15(10-13)20(14)2;/h3-4,7-8,11,13-15H,5-6,9-10H2,1-2H3,(H,19,21);1H. The summed E-state index contributed by atoms with van der Waals surface area (Å²) in [5, 5.41) is 3.81. The van der Waals surface area contributed by atoms with Crippen LogP contribution in [0, 0.1) is 0 Å². The molecule has 0 aliphatic carbocycles. The van der Waals surface area contributed by atoms with Gasteiger partial charge in [0.15, 0.2) is 6.10 Å². The van der Waals surface area contributed by atoms with Crippen LogP contribution in [0.2, 0.25) is 5.02 Å². The summed E-state index contributed by atoms with van der Waals surface area (Å²) in [6, 6.07) is 8.60. The molecule has 2 fully saturated rings. The highest BCUT2D eigenvalue weighted by atomic mass is 35.5. The molecular formula is C17H24Cl2N2O2. The summed E-state index contributed by atoms with van der Waals surface area (Å²) in [4.78, 5) is 14.8. The number of hydrogen-bond donors (Lipinski definition) is 1. The minimum absolute atomic E-state index is 0. The van der Waals surface area contributed by atoms with E-state index in [0.29, 0.717) is 22.9 Å². The minimum atomic E-state index is -0.501. The molecule has 1 aromatic carbocycles. The Morgan fingerprint density at radius 1 is 1.26 bits per heavy atom. The maximum absolute atomic E-state index is 12.3. The van der Waals surface area contributed by atoms with Gasteiger partial charge in [-0.3, -0.25) is 4.79 Å². The summed E-state index contributed by atoms with van der Waals surface area (Å²) in [7, 11) is 2.20. The topological polar surface area (TPSA) is 41.6 Å². The van der Waals surface area contributed by atoms with E-state index >= 15 is 0 Å². The zero-order chi connectivity index (χ0) is 15.7. The quantitative estimate of drug-likeness (QED) is 0.897. The molecule has 2 aliphatic rings. The Labute approximate surface area is 148 Å². The van der Waals surface area contributed by atoms with Crippen molar-refractivity contribution in [3.05, 3.63) is 29.3 Å². The number of nitrogens with zero attached hydrogens (tertiary/aromatic N) is 1. The average Bonchev–Trinajstić information content (AvgIpc) is 2.72. The number of rotatable bonds is 4.